The molecule has 0 spiro atoms. The Balaban J connectivity index is 1.69. The minimum atomic E-state index is -0.519. The third-order valence-corrected chi connectivity index (χ3v) is 4.80. The van der Waals surface area contributed by atoms with E-state index < -0.39 is 5.92 Å². The largest absolute Gasteiger partial charge is 0.455 e. The molecule has 2 aromatic carbocycles. The van der Waals surface area contributed by atoms with Crippen molar-refractivity contribution in [1.29, 1.82) is 0 Å². The van der Waals surface area contributed by atoms with Crippen molar-refractivity contribution in [2.45, 2.75) is 31.6 Å². The Hall–Kier alpha value is -2.62. The van der Waals surface area contributed by atoms with E-state index in [0.717, 1.165) is 49.9 Å². The number of amides is 1. The Morgan fingerprint density at radius 2 is 1.31 bits per heavy atom. The van der Waals surface area contributed by atoms with Crippen LogP contribution in [0, 0.1) is 0 Å². The van der Waals surface area contributed by atoms with E-state index in [1.807, 2.05) is 65.6 Å². The zero-order valence-corrected chi connectivity index (χ0v) is 15.0. The summed E-state index contributed by atoms with van der Waals surface area (Å²) in [7, 11) is 0. The van der Waals surface area contributed by atoms with Gasteiger partial charge in [0.2, 0.25) is 0 Å². The van der Waals surface area contributed by atoms with Gasteiger partial charge in [-0.2, -0.15) is 0 Å². The summed E-state index contributed by atoms with van der Waals surface area (Å²) in [6, 6.07) is 19.1. The van der Waals surface area contributed by atoms with Crippen molar-refractivity contribution in [3.63, 3.8) is 0 Å². The highest BCUT2D eigenvalue weighted by molar-refractivity contribution is 5.85. The summed E-state index contributed by atoms with van der Waals surface area (Å²) in [6.45, 7) is 1.34. The molecule has 0 unspecified atom stereocenters. The van der Waals surface area contributed by atoms with E-state index in [9.17, 15) is 9.59 Å². The van der Waals surface area contributed by atoms with Gasteiger partial charge in [0.25, 0.3) is 5.91 Å². The second-order valence-corrected chi connectivity index (χ2v) is 6.66. The summed E-state index contributed by atoms with van der Waals surface area (Å²) in [5, 5.41) is 0. The molecule has 0 N–H and O–H groups in total. The van der Waals surface area contributed by atoms with Crippen LogP contribution in [0.15, 0.2) is 60.7 Å². The Morgan fingerprint density at radius 1 is 0.808 bits per heavy atom. The molecule has 0 radical (unpaired) electrons. The van der Waals surface area contributed by atoms with Crippen LogP contribution in [0.25, 0.3) is 0 Å². The number of hydrogen-bond acceptors (Lipinski definition) is 3. The molecular formula is C22H25NO3. The quantitative estimate of drug-likeness (QED) is 0.771. The number of rotatable bonds is 5. The Kier molecular flexibility index (Phi) is 6.42. The van der Waals surface area contributed by atoms with Crippen molar-refractivity contribution >= 4 is 11.9 Å². The summed E-state index contributed by atoms with van der Waals surface area (Å²) in [5.41, 5.74) is 1.73. The molecule has 2 aromatic rings. The maximum absolute atomic E-state index is 12.8. The third-order valence-electron chi connectivity index (χ3n) is 4.80. The molecule has 4 heteroatoms. The van der Waals surface area contributed by atoms with Crippen LogP contribution in [-0.2, 0) is 14.3 Å². The van der Waals surface area contributed by atoms with Crippen molar-refractivity contribution in [2.75, 3.05) is 19.7 Å². The number of hydrogen-bond donors (Lipinski definition) is 0. The van der Waals surface area contributed by atoms with Crippen LogP contribution in [0.4, 0.5) is 0 Å². The normalized spacial score (nSPS) is 14.7. The van der Waals surface area contributed by atoms with E-state index in [0.29, 0.717) is 0 Å². The first kappa shape index (κ1) is 18.2. The van der Waals surface area contributed by atoms with Crippen LogP contribution in [-0.4, -0.2) is 36.5 Å². The lowest BCUT2D eigenvalue weighted by atomic mass is 9.91. The number of carbonyl (C=O) groups excluding carboxylic acids is 2. The van der Waals surface area contributed by atoms with E-state index in [2.05, 4.69) is 0 Å². The molecule has 1 heterocycles. The molecule has 136 valence electrons. The molecule has 0 aliphatic carbocycles. The fraction of sp³-hybridized carbons (Fsp3) is 0.364. The van der Waals surface area contributed by atoms with Gasteiger partial charge < -0.3 is 9.64 Å². The average Bonchev–Trinajstić information content (AvgIpc) is 2.98. The highest BCUT2D eigenvalue weighted by Gasteiger charge is 2.25. The van der Waals surface area contributed by atoms with Crippen LogP contribution in [0.2, 0.25) is 0 Å². The number of benzene rings is 2. The maximum Gasteiger partial charge on any atom is 0.318 e. The van der Waals surface area contributed by atoms with E-state index in [1.54, 1.807) is 0 Å². The third kappa shape index (κ3) is 4.72. The number of likely N-dealkylation sites (tertiary alicyclic amines) is 1. The summed E-state index contributed by atoms with van der Waals surface area (Å²) in [5.74, 6) is -1.000. The summed E-state index contributed by atoms with van der Waals surface area (Å²) in [6.07, 6.45) is 4.37. The van der Waals surface area contributed by atoms with Gasteiger partial charge in [-0.15, -0.1) is 0 Å². The van der Waals surface area contributed by atoms with Gasteiger partial charge in [-0.25, -0.2) is 0 Å². The second-order valence-electron chi connectivity index (χ2n) is 6.66. The Morgan fingerprint density at radius 3 is 1.81 bits per heavy atom. The molecule has 1 aliphatic rings. The van der Waals surface area contributed by atoms with Gasteiger partial charge in [-0.1, -0.05) is 73.5 Å². The number of esters is 1. The minimum Gasteiger partial charge on any atom is -0.455 e. The zero-order valence-electron chi connectivity index (χ0n) is 15.0. The molecule has 3 rings (SSSR count). The predicted octanol–water partition coefficient (Wildman–Crippen LogP) is 3.76. The molecule has 1 amide bonds. The monoisotopic (exact) mass is 351 g/mol. The maximum atomic E-state index is 12.8. The molecule has 1 fully saturated rings. The van der Waals surface area contributed by atoms with E-state index in [4.69, 9.17) is 4.74 Å². The van der Waals surface area contributed by atoms with Gasteiger partial charge in [-0.05, 0) is 24.0 Å². The van der Waals surface area contributed by atoms with Gasteiger partial charge in [0.1, 0.15) is 5.92 Å². The number of nitrogens with zero attached hydrogens (tertiary/aromatic N) is 1. The van der Waals surface area contributed by atoms with Crippen molar-refractivity contribution < 1.29 is 14.3 Å². The number of carbonyl (C=O) groups is 2. The summed E-state index contributed by atoms with van der Waals surface area (Å²) in [4.78, 5) is 27.0. The lowest BCUT2D eigenvalue weighted by molar-refractivity contribution is -0.152. The minimum absolute atomic E-state index is 0.0971. The molecule has 1 aliphatic heterocycles. The molecule has 0 saturated carbocycles. The summed E-state index contributed by atoms with van der Waals surface area (Å²) >= 11 is 0. The Bertz CT molecular complexity index is 667. The van der Waals surface area contributed by atoms with Crippen molar-refractivity contribution in [1.82, 2.24) is 4.90 Å². The van der Waals surface area contributed by atoms with Crippen molar-refractivity contribution in [2.24, 2.45) is 0 Å². The van der Waals surface area contributed by atoms with Crippen molar-refractivity contribution in [3.8, 4) is 0 Å². The predicted molar refractivity (Wildman–Crippen MR) is 101 cm³/mol. The fourth-order valence-electron chi connectivity index (χ4n) is 3.38. The lowest BCUT2D eigenvalue weighted by Gasteiger charge is -2.21. The Labute approximate surface area is 154 Å². The first-order valence-electron chi connectivity index (χ1n) is 9.30. The van der Waals surface area contributed by atoms with Crippen LogP contribution in [0.5, 0.6) is 0 Å². The first-order chi connectivity index (χ1) is 12.8. The van der Waals surface area contributed by atoms with Gasteiger partial charge >= 0.3 is 5.97 Å². The highest BCUT2D eigenvalue weighted by Crippen LogP contribution is 2.26. The van der Waals surface area contributed by atoms with Crippen LogP contribution in [0.1, 0.15) is 42.7 Å². The van der Waals surface area contributed by atoms with Gasteiger partial charge in [0.15, 0.2) is 6.61 Å². The lowest BCUT2D eigenvalue weighted by Crippen LogP contribution is -2.36. The smallest absolute Gasteiger partial charge is 0.318 e. The second kappa shape index (κ2) is 9.18. The first-order valence-corrected chi connectivity index (χ1v) is 9.30. The van der Waals surface area contributed by atoms with Crippen LogP contribution < -0.4 is 0 Å². The topological polar surface area (TPSA) is 46.6 Å². The van der Waals surface area contributed by atoms with E-state index in [-0.39, 0.29) is 18.5 Å². The van der Waals surface area contributed by atoms with Gasteiger partial charge in [-0.3, -0.25) is 9.59 Å². The molecule has 0 aromatic heterocycles. The molecule has 1 saturated heterocycles. The highest BCUT2D eigenvalue weighted by atomic mass is 16.5. The molecular weight excluding hydrogens is 326 g/mol. The molecule has 0 bridgehead atoms. The van der Waals surface area contributed by atoms with Gasteiger partial charge in [0.05, 0.1) is 0 Å². The number of ether oxygens (including phenoxy) is 1. The standard InChI is InChI=1S/C22H25NO3/c24-20(23-15-9-1-2-10-16-23)17-26-22(25)21(18-11-5-3-6-12-18)19-13-7-4-8-14-19/h3-8,11-14,21H,1-2,9-10,15-17H2. The SMILES string of the molecule is O=C(OCC(=O)N1CCCCCC1)C(c1ccccc1)c1ccccc1. The van der Waals surface area contributed by atoms with Gasteiger partial charge in [0, 0.05) is 13.1 Å². The molecule has 4 nitrogen and oxygen atoms in total. The molecule has 26 heavy (non-hydrogen) atoms. The average molecular weight is 351 g/mol. The zero-order chi connectivity index (χ0) is 18.2. The fourth-order valence-corrected chi connectivity index (χ4v) is 3.38. The van der Waals surface area contributed by atoms with Crippen LogP contribution in [0.3, 0.4) is 0 Å². The molecule has 0 atom stereocenters. The summed E-state index contributed by atoms with van der Waals surface area (Å²) < 4.78 is 5.44. The van der Waals surface area contributed by atoms with Crippen LogP contribution >= 0.6 is 0 Å². The van der Waals surface area contributed by atoms with Crippen molar-refractivity contribution in [3.05, 3.63) is 71.8 Å². The van der Waals surface area contributed by atoms with E-state index in [1.165, 1.54) is 0 Å². The van der Waals surface area contributed by atoms with E-state index >= 15 is 0 Å².